The van der Waals surface area contributed by atoms with Gasteiger partial charge in [0, 0.05) is 0 Å². The van der Waals surface area contributed by atoms with E-state index in [1.54, 1.807) is 6.92 Å². The minimum absolute atomic E-state index is 0.0880. The molecular weight excluding hydrogens is 146 g/mol. The molecule has 0 radical (unpaired) electrons. The van der Waals surface area contributed by atoms with Gasteiger partial charge >= 0.3 is 0 Å². The molecule has 0 N–H and O–H groups in total. The Labute approximate surface area is 44.4 Å². The molecule has 0 amide bonds. The van der Waals surface area contributed by atoms with Crippen LogP contribution in [0.15, 0.2) is 4.99 Å². The highest BCUT2D eigenvalue weighted by atomic mass is 79.9. The van der Waals surface area contributed by atoms with E-state index in [0.29, 0.717) is 0 Å². The van der Waals surface area contributed by atoms with Crippen molar-refractivity contribution in [1.29, 1.82) is 0 Å². The van der Waals surface area contributed by atoms with Crippen LogP contribution in [0.2, 0.25) is 0 Å². The van der Waals surface area contributed by atoms with Crippen LogP contribution in [0.5, 0.6) is 0 Å². The van der Waals surface area contributed by atoms with E-state index in [1.807, 2.05) is 0 Å². The fraction of sp³-hybridized carbons (Fsp3) is 0.667. The van der Waals surface area contributed by atoms with Gasteiger partial charge in [0.2, 0.25) is 6.08 Å². The lowest BCUT2D eigenvalue weighted by atomic mass is 10.8. The van der Waals surface area contributed by atoms with E-state index < -0.39 is 0 Å². The van der Waals surface area contributed by atoms with Crippen molar-refractivity contribution in [2.45, 2.75) is 11.9 Å². The highest BCUT2D eigenvalue weighted by molar-refractivity contribution is 9.09. The average Bonchev–Trinajstić information content (AvgIpc) is 1.35. The zero-order valence-corrected chi connectivity index (χ0v) is 4.90. The number of isocyanates is 1. The first-order valence-corrected chi connectivity index (χ1v) is 2.40. The Kier molecular flexibility index (Phi) is 2.99. The first kappa shape index (κ1) is 5.86. The predicted octanol–water partition coefficient (Wildman–Crippen LogP) is 1.06. The summed E-state index contributed by atoms with van der Waals surface area (Å²) in [5, 5.41) is 0. The summed E-state index contributed by atoms with van der Waals surface area (Å²) < 4.78 is 0. The van der Waals surface area contributed by atoms with Crippen molar-refractivity contribution in [3.05, 3.63) is 0 Å². The van der Waals surface area contributed by atoms with Gasteiger partial charge in [-0.05, 0) is 6.92 Å². The van der Waals surface area contributed by atoms with Crippen molar-refractivity contribution >= 4 is 22.0 Å². The Bertz CT molecular complexity index is 74.9. The molecule has 3 heteroatoms. The highest BCUT2D eigenvalue weighted by Gasteiger charge is 1.81. The number of alkyl halides is 1. The molecule has 0 aromatic rings. The second-order valence-electron chi connectivity index (χ2n) is 0.794. The SMILES string of the molecule is CC(Br)N=C=O. The topological polar surface area (TPSA) is 29.4 Å². The Morgan fingerprint density at radius 1 is 2.00 bits per heavy atom. The Morgan fingerprint density at radius 2 is 2.50 bits per heavy atom. The molecule has 6 heavy (non-hydrogen) atoms. The maximum Gasteiger partial charge on any atom is 0.236 e. The van der Waals surface area contributed by atoms with Gasteiger partial charge in [-0.15, -0.1) is 0 Å². The van der Waals surface area contributed by atoms with Crippen LogP contribution in [-0.4, -0.2) is 11.0 Å². The fourth-order valence-electron chi connectivity index (χ4n) is 0.0726. The molecule has 0 aromatic heterocycles. The normalized spacial score (nSPS) is 12.3. The number of aliphatic imine (C=N–C) groups is 1. The summed E-state index contributed by atoms with van der Waals surface area (Å²) in [7, 11) is 0. The minimum Gasteiger partial charge on any atom is -0.211 e. The van der Waals surface area contributed by atoms with Crippen LogP contribution < -0.4 is 0 Å². The zero-order chi connectivity index (χ0) is 4.99. The van der Waals surface area contributed by atoms with Crippen LogP contribution in [0.4, 0.5) is 0 Å². The van der Waals surface area contributed by atoms with Gasteiger partial charge in [-0.25, -0.2) is 4.79 Å². The van der Waals surface area contributed by atoms with Crippen molar-refractivity contribution in [1.82, 2.24) is 0 Å². The number of rotatable bonds is 1. The molecule has 0 aliphatic carbocycles. The fourth-order valence-corrected chi connectivity index (χ4v) is 0.156. The summed E-state index contributed by atoms with van der Waals surface area (Å²) in [5.41, 5.74) is 0. The van der Waals surface area contributed by atoms with E-state index in [9.17, 15) is 4.79 Å². The lowest BCUT2D eigenvalue weighted by molar-refractivity contribution is 0.563. The molecular formula is C3H4BrNO. The molecule has 0 aliphatic heterocycles. The molecule has 0 fully saturated rings. The Morgan fingerprint density at radius 3 is 2.50 bits per heavy atom. The predicted molar refractivity (Wildman–Crippen MR) is 26.5 cm³/mol. The van der Waals surface area contributed by atoms with Gasteiger partial charge in [0.1, 0.15) is 4.95 Å². The van der Waals surface area contributed by atoms with Gasteiger partial charge in [0.05, 0.1) is 0 Å². The quantitative estimate of drug-likeness (QED) is 0.238. The van der Waals surface area contributed by atoms with Crippen LogP contribution in [-0.2, 0) is 4.79 Å². The highest BCUT2D eigenvalue weighted by Crippen LogP contribution is 1.94. The summed E-state index contributed by atoms with van der Waals surface area (Å²) in [5.74, 6) is 0. The third-order valence-electron chi connectivity index (χ3n) is 0.231. The lowest BCUT2D eigenvalue weighted by Crippen LogP contribution is -1.77. The smallest absolute Gasteiger partial charge is 0.211 e. The standard InChI is InChI=1S/C3H4BrNO/c1-3(4)5-2-6/h3H,1H3. The van der Waals surface area contributed by atoms with Crippen LogP contribution in [0.3, 0.4) is 0 Å². The summed E-state index contributed by atoms with van der Waals surface area (Å²) in [6.07, 6.45) is 1.40. The average molecular weight is 150 g/mol. The van der Waals surface area contributed by atoms with Gasteiger partial charge in [-0.3, -0.25) is 0 Å². The van der Waals surface area contributed by atoms with Crippen LogP contribution in [0, 0.1) is 0 Å². The monoisotopic (exact) mass is 149 g/mol. The molecule has 0 aliphatic rings. The molecule has 1 unspecified atom stereocenters. The van der Waals surface area contributed by atoms with Gasteiger partial charge in [-0.1, -0.05) is 15.9 Å². The van der Waals surface area contributed by atoms with E-state index in [2.05, 4.69) is 20.9 Å². The summed E-state index contributed by atoms with van der Waals surface area (Å²) in [6, 6.07) is 0. The number of nitrogens with zero attached hydrogens (tertiary/aromatic N) is 1. The molecule has 0 heterocycles. The molecule has 0 saturated heterocycles. The molecule has 0 spiro atoms. The van der Waals surface area contributed by atoms with E-state index in [-0.39, 0.29) is 4.95 Å². The van der Waals surface area contributed by atoms with Gasteiger partial charge in [0.25, 0.3) is 0 Å². The van der Waals surface area contributed by atoms with Crippen molar-refractivity contribution < 1.29 is 4.79 Å². The van der Waals surface area contributed by atoms with E-state index >= 15 is 0 Å². The molecule has 1 atom stereocenters. The summed E-state index contributed by atoms with van der Waals surface area (Å²) >= 11 is 3.01. The lowest BCUT2D eigenvalue weighted by Gasteiger charge is -1.79. The second kappa shape index (κ2) is 3.07. The molecule has 0 saturated carbocycles. The molecule has 34 valence electrons. The van der Waals surface area contributed by atoms with E-state index in [4.69, 9.17) is 0 Å². The van der Waals surface area contributed by atoms with E-state index in [1.165, 1.54) is 6.08 Å². The number of hydrogen-bond acceptors (Lipinski definition) is 2. The number of halogens is 1. The third kappa shape index (κ3) is 3.86. The number of hydrogen-bond donors (Lipinski definition) is 0. The van der Waals surface area contributed by atoms with Crippen LogP contribution >= 0.6 is 15.9 Å². The molecule has 2 nitrogen and oxygen atoms in total. The molecule has 0 bridgehead atoms. The largest absolute Gasteiger partial charge is 0.236 e. The first-order chi connectivity index (χ1) is 2.77. The molecule has 0 aromatic carbocycles. The maximum atomic E-state index is 9.29. The summed E-state index contributed by atoms with van der Waals surface area (Å²) in [6.45, 7) is 1.74. The summed E-state index contributed by atoms with van der Waals surface area (Å²) in [4.78, 5) is 12.4. The maximum absolute atomic E-state index is 9.29. The zero-order valence-electron chi connectivity index (χ0n) is 3.31. The van der Waals surface area contributed by atoms with Crippen molar-refractivity contribution in [2.75, 3.05) is 0 Å². The van der Waals surface area contributed by atoms with Crippen molar-refractivity contribution in [2.24, 2.45) is 4.99 Å². The van der Waals surface area contributed by atoms with Crippen molar-refractivity contribution in [3.63, 3.8) is 0 Å². The van der Waals surface area contributed by atoms with Gasteiger partial charge in [-0.2, -0.15) is 4.99 Å². The van der Waals surface area contributed by atoms with Crippen LogP contribution in [0.25, 0.3) is 0 Å². The minimum atomic E-state index is -0.0880. The first-order valence-electron chi connectivity index (χ1n) is 1.48. The third-order valence-corrected chi connectivity index (χ3v) is 0.435. The second-order valence-corrected chi connectivity index (χ2v) is 2.12. The molecule has 0 rings (SSSR count). The van der Waals surface area contributed by atoms with Gasteiger partial charge < -0.3 is 0 Å². The van der Waals surface area contributed by atoms with Gasteiger partial charge in [0.15, 0.2) is 0 Å². The Balaban J connectivity index is 3.29. The van der Waals surface area contributed by atoms with Crippen molar-refractivity contribution in [3.8, 4) is 0 Å². The number of carbonyl (C=O) groups excluding carboxylic acids is 1. The van der Waals surface area contributed by atoms with E-state index in [0.717, 1.165) is 0 Å². The Hall–Kier alpha value is -0.140. The van der Waals surface area contributed by atoms with Crippen LogP contribution in [0.1, 0.15) is 6.92 Å².